The summed E-state index contributed by atoms with van der Waals surface area (Å²) in [6, 6.07) is 8.01. The van der Waals surface area contributed by atoms with Gasteiger partial charge in [-0.1, -0.05) is 12.1 Å². The van der Waals surface area contributed by atoms with Crippen LogP contribution in [0.15, 0.2) is 29.3 Å². The highest BCUT2D eigenvalue weighted by Crippen LogP contribution is 2.12. The first kappa shape index (κ1) is 21.3. The molecule has 25 heavy (non-hydrogen) atoms. The number of nitrogens with zero attached hydrogens (tertiary/aromatic N) is 1. The fourth-order valence-electron chi connectivity index (χ4n) is 2.13. The van der Waals surface area contributed by atoms with Gasteiger partial charge in [0, 0.05) is 33.4 Å². The van der Waals surface area contributed by atoms with Crippen molar-refractivity contribution in [2.24, 2.45) is 4.99 Å². The minimum Gasteiger partial charge on any atom is -0.491 e. The lowest BCUT2D eigenvalue weighted by atomic mass is 10.2. The molecule has 1 rings (SSSR count). The largest absolute Gasteiger partial charge is 0.491 e. The van der Waals surface area contributed by atoms with E-state index in [0.29, 0.717) is 19.8 Å². The molecule has 0 atom stereocenters. The number of methoxy groups -OCH3 is 1. The molecule has 0 fully saturated rings. The van der Waals surface area contributed by atoms with Gasteiger partial charge < -0.3 is 24.8 Å². The molecule has 0 aliphatic rings. The Balaban J connectivity index is 2.37. The molecule has 0 saturated heterocycles. The summed E-state index contributed by atoms with van der Waals surface area (Å²) in [4.78, 5) is 4.63. The number of hydrogen-bond acceptors (Lipinski definition) is 4. The second-order valence-corrected chi connectivity index (χ2v) is 5.51. The first-order valence-corrected chi connectivity index (χ1v) is 9.10. The molecule has 0 aromatic heterocycles. The predicted octanol–water partition coefficient (Wildman–Crippen LogP) is 2.58. The molecule has 0 spiro atoms. The average molecular weight is 351 g/mol. The third-order valence-corrected chi connectivity index (χ3v) is 3.46. The molecule has 0 bridgehead atoms. The fourth-order valence-corrected chi connectivity index (χ4v) is 2.13. The Morgan fingerprint density at radius 1 is 1.00 bits per heavy atom. The number of hydrogen-bond donors (Lipinski definition) is 2. The average Bonchev–Trinajstić information content (AvgIpc) is 2.63. The van der Waals surface area contributed by atoms with Gasteiger partial charge in [-0.2, -0.15) is 0 Å². The van der Waals surface area contributed by atoms with E-state index in [1.807, 2.05) is 31.2 Å². The summed E-state index contributed by atoms with van der Waals surface area (Å²) in [5, 5.41) is 6.63. The first-order valence-electron chi connectivity index (χ1n) is 9.10. The van der Waals surface area contributed by atoms with E-state index in [0.717, 1.165) is 56.4 Å². The van der Waals surface area contributed by atoms with Crippen LogP contribution >= 0.6 is 0 Å². The van der Waals surface area contributed by atoms with Gasteiger partial charge in [0.05, 0.1) is 13.2 Å². The van der Waals surface area contributed by atoms with Crippen LogP contribution in [0.2, 0.25) is 0 Å². The van der Waals surface area contributed by atoms with Crippen LogP contribution in [-0.4, -0.2) is 52.6 Å². The Kier molecular flexibility index (Phi) is 12.4. The minimum atomic E-state index is 0.561. The molecule has 0 aliphatic carbocycles. The Morgan fingerprint density at radius 3 is 2.48 bits per heavy atom. The molecule has 0 radical (unpaired) electrons. The van der Waals surface area contributed by atoms with Crippen molar-refractivity contribution in [3.63, 3.8) is 0 Å². The topological polar surface area (TPSA) is 64.1 Å². The summed E-state index contributed by atoms with van der Waals surface area (Å²) < 4.78 is 15.9. The number of rotatable bonds is 13. The highest BCUT2D eigenvalue weighted by molar-refractivity contribution is 5.79. The standard InChI is InChI=1S/C19H33N3O3/c1-4-20-19(21-12-6-7-13-24-5-2)22-16-17-8-10-18(11-9-17)25-15-14-23-3/h8-11H,4-7,12-16H2,1-3H3,(H2,20,21,22). The lowest BCUT2D eigenvalue weighted by molar-refractivity contribution is 0.143. The van der Waals surface area contributed by atoms with Crippen molar-refractivity contribution >= 4 is 5.96 Å². The van der Waals surface area contributed by atoms with Gasteiger partial charge in [-0.25, -0.2) is 4.99 Å². The summed E-state index contributed by atoms with van der Waals surface area (Å²) >= 11 is 0. The maximum Gasteiger partial charge on any atom is 0.191 e. The van der Waals surface area contributed by atoms with Crippen LogP contribution in [0.1, 0.15) is 32.3 Å². The highest BCUT2D eigenvalue weighted by Gasteiger charge is 1.99. The lowest BCUT2D eigenvalue weighted by Gasteiger charge is -2.11. The minimum absolute atomic E-state index is 0.561. The van der Waals surface area contributed by atoms with E-state index in [1.165, 1.54) is 0 Å². The molecule has 6 nitrogen and oxygen atoms in total. The van der Waals surface area contributed by atoms with Gasteiger partial charge in [-0.05, 0) is 44.4 Å². The van der Waals surface area contributed by atoms with Crippen molar-refractivity contribution in [3.05, 3.63) is 29.8 Å². The number of unbranched alkanes of at least 4 members (excludes halogenated alkanes) is 1. The molecule has 0 saturated carbocycles. The zero-order chi connectivity index (χ0) is 18.2. The quantitative estimate of drug-likeness (QED) is 0.325. The molecule has 0 aliphatic heterocycles. The van der Waals surface area contributed by atoms with Crippen molar-refractivity contribution < 1.29 is 14.2 Å². The molecular weight excluding hydrogens is 318 g/mol. The van der Waals surface area contributed by atoms with Crippen LogP contribution in [0.4, 0.5) is 0 Å². The second-order valence-electron chi connectivity index (χ2n) is 5.51. The van der Waals surface area contributed by atoms with Gasteiger partial charge in [0.15, 0.2) is 5.96 Å². The zero-order valence-electron chi connectivity index (χ0n) is 15.8. The van der Waals surface area contributed by atoms with Gasteiger partial charge >= 0.3 is 0 Å². The van der Waals surface area contributed by atoms with Crippen LogP contribution in [0.5, 0.6) is 5.75 Å². The Morgan fingerprint density at radius 2 is 1.80 bits per heavy atom. The normalized spacial score (nSPS) is 11.4. The van der Waals surface area contributed by atoms with Crippen molar-refractivity contribution in [1.29, 1.82) is 0 Å². The van der Waals surface area contributed by atoms with Gasteiger partial charge in [0.2, 0.25) is 0 Å². The van der Waals surface area contributed by atoms with Crippen molar-refractivity contribution in [3.8, 4) is 5.75 Å². The maximum absolute atomic E-state index is 5.56. The second kappa shape index (κ2) is 14.5. The third-order valence-electron chi connectivity index (χ3n) is 3.46. The number of benzene rings is 1. The molecular formula is C19H33N3O3. The Labute approximate surface area is 152 Å². The number of guanidine groups is 1. The summed E-state index contributed by atoms with van der Waals surface area (Å²) in [5.41, 5.74) is 1.15. The lowest BCUT2D eigenvalue weighted by Crippen LogP contribution is -2.37. The zero-order valence-corrected chi connectivity index (χ0v) is 15.8. The molecule has 2 N–H and O–H groups in total. The molecule has 0 unspecified atom stereocenters. The maximum atomic E-state index is 5.56. The SMILES string of the molecule is CCNC(=NCc1ccc(OCCOC)cc1)NCCCCOCC. The molecule has 1 aromatic rings. The summed E-state index contributed by atoms with van der Waals surface area (Å²) in [6.07, 6.45) is 2.13. The van der Waals surface area contributed by atoms with Gasteiger partial charge in [-0.3, -0.25) is 0 Å². The van der Waals surface area contributed by atoms with Crippen molar-refractivity contribution in [1.82, 2.24) is 10.6 Å². The summed E-state index contributed by atoms with van der Waals surface area (Å²) in [6.45, 7) is 9.22. The molecule has 6 heteroatoms. The van der Waals surface area contributed by atoms with E-state index >= 15 is 0 Å². The van der Waals surface area contributed by atoms with Crippen LogP contribution < -0.4 is 15.4 Å². The Bertz CT molecular complexity index is 463. The molecule has 0 heterocycles. The molecule has 0 amide bonds. The number of nitrogens with one attached hydrogen (secondary N) is 2. The van der Waals surface area contributed by atoms with E-state index < -0.39 is 0 Å². The predicted molar refractivity (Wildman–Crippen MR) is 102 cm³/mol. The molecule has 1 aromatic carbocycles. The highest BCUT2D eigenvalue weighted by atomic mass is 16.5. The van der Waals surface area contributed by atoms with E-state index in [1.54, 1.807) is 7.11 Å². The van der Waals surface area contributed by atoms with E-state index in [-0.39, 0.29) is 0 Å². The summed E-state index contributed by atoms with van der Waals surface area (Å²) in [5.74, 6) is 1.70. The monoisotopic (exact) mass is 351 g/mol. The first-order chi connectivity index (χ1) is 12.3. The number of ether oxygens (including phenoxy) is 3. The van der Waals surface area contributed by atoms with Gasteiger partial charge in [0.1, 0.15) is 12.4 Å². The molecule has 142 valence electrons. The van der Waals surface area contributed by atoms with Crippen molar-refractivity contribution in [2.75, 3.05) is 46.6 Å². The van der Waals surface area contributed by atoms with E-state index in [2.05, 4.69) is 22.5 Å². The van der Waals surface area contributed by atoms with Crippen LogP contribution in [-0.2, 0) is 16.0 Å². The van der Waals surface area contributed by atoms with Crippen LogP contribution in [0.25, 0.3) is 0 Å². The van der Waals surface area contributed by atoms with E-state index in [4.69, 9.17) is 14.2 Å². The smallest absolute Gasteiger partial charge is 0.191 e. The number of aliphatic imine (C=N–C) groups is 1. The summed E-state index contributed by atoms with van der Waals surface area (Å²) in [7, 11) is 1.67. The van der Waals surface area contributed by atoms with E-state index in [9.17, 15) is 0 Å². The van der Waals surface area contributed by atoms with Gasteiger partial charge in [-0.15, -0.1) is 0 Å². The van der Waals surface area contributed by atoms with Crippen LogP contribution in [0.3, 0.4) is 0 Å². The fraction of sp³-hybridized carbons (Fsp3) is 0.632. The third kappa shape index (κ3) is 10.6. The van der Waals surface area contributed by atoms with Gasteiger partial charge in [0.25, 0.3) is 0 Å². The van der Waals surface area contributed by atoms with Crippen LogP contribution in [0, 0.1) is 0 Å². The Hall–Kier alpha value is -1.79. The van der Waals surface area contributed by atoms with Crippen molar-refractivity contribution in [2.45, 2.75) is 33.2 Å².